The zero-order valence-corrected chi connectivity index (χ0v) is 19.3. The Labute approximate surface area is 199 Å². The Morgan fingerprint density at radius 1 is 1.03 bits per heavy atom. The van der Waals surface area contributed by atoms with Crippen molar-refractivity contribution in [1.29, 1.82) is 0 Å². The summed E-state index contributed by atoms with van der Waals surface area (Å²) in [4.78, 5) is 25.7. The van der Waals surface area contributed by atoms with Gasteiger partial charge in [-0.3, -0.25) is 19.2 Å². The number of hydrogen-bond donors (Lipinski definition) is 1. The summed E-state index contributed by atoms with van der Waals surface area (Å²) in [5, 5.41) is 11.9. The molecule has 4 aromatic heterocycles. The molecule has 5 aromatic rings. The lowest BCUT2D eigenvalue weighted by Crippen LogP contribution is -2.15. The number of aromatic nitrogens is 4. The fourth-order valence-electron chi connectivity index (χ4n) is 3.83. The number of benzene rings is 1. The van der Waals surface area contributed by atoms with Crippen molar-refractivity contribution in [2.24, 2.45) is 0 Å². The van der Waals surface area contributed by atoms with Gasteiger partial charge in [0.1, 0.15) is 17.0 Å². The summed E-state index contributed by atoms with van der Waals surface area (Å²) in [7, 11) is 0. The smallest absolute Gasteiger partial charge is 0.169 e. The van der Waals surface area contributed by atoms with E-state index in [0.29, 0.717) is 38.2 Å². The first-order valence-corrected chi connectivity index (χ1v) is 10.9. The van der Waals surface area contributed by atoms with E-state index in [9.17, 15) is 9.90 Å². The largest absolute Gasteiger partial charge is 0.386 e. The molecule has 0 atom stereocenters. The van der Waals surface area contributed by atoms with E-state index in [0.717, 1.165) is 28.3 Å². The normalized spacial score (nSPS) is 11.9. The van der Waals surface area contributed by atoms with Gasteiger partial charge in [0.15, 0.2) is 6.29 Å². The number of imidazole rings is 1. The van der Waals surface area contributed by atoms with Crippen LogP contribution < -0.4 is 0 Å². The van der Waals surface area contributed by atoms with Crippen molar-refractivity contribution < 1.29 is 9.90 Å². The number of pyridine rings is 3. The topological polar surface area (TPSA) is 80.4 Å². The molecule has 33 heavy (non-hydrogen) atoms. The molecule has 0 amide bonds. The van der Waals surface area contributed by atoms with E-state index in [4.69, 9.17) is 28.2 Å². The molecular formula is C25H18Cl2N4O2. The Morgan fingerprint density at radius 3 is 2.45 bits per heavy atom. The third kappa shape index (κ3) is 3.66. The molecule has 0 aliphatic carbocycles. The van der Waals surface area contributed by atoms with Crippen LogP contribution in [0.25, 0.3) is 38.9 Å². The molecule has 0 spiro atoms. The maximum Gasteiger partial charge on any atom is 0.169 e. The van der Waals surface area contributed by atoms with Crippen LogP contribution in [0, 0.1) is 0 Å². The van der Waals surface area contributed by atoms with Gasteiger partial charge in [-0.1, -0.05) is 29.3 Å². The molecule has 1 aromatic carbocycles. The number of aliphatic hydroxyl groups is 1. The van der Waals surface area contributed by atoms with Gasteiger partial charge in [0.05, 0.1) is 21.2 Å². The molecule has 0 saturated carbocycles. The summed E-state index contributed by atoms with van der Waals surface area (Å²) in [6, 6.07) is 10.8. The number of hydrogen-bond acceptors (Lipinski definition) is 5. The minimum absolute atomic E-state index is 0.345. The van der Waals surface area contributed by atoms with Crippen LogP contribution in [0.4, 0.5) is 0 Å². The first-order chi connectivity index (χ1) is 15.8. The van der Waals surface area contributed by atoms with Gasteiger partial charge in [0, 0.05) is 52.4 Å². The lowest BCUT2D eigenvalue weighted by Gasteiger charge is -2.18. The van der Waals surface area contributed by atoms with Crippen LogP contribution in [-0.4, -0.2) is 30.7 Å². The predicted molar refractivity (Wildman–Crippen MR) is 130 cm³/mol. The third-order valence-electron chi connectivity index (χ3n) is 5.58. The van der Waals surface area contributed by atoms with E-state index in [1.165, 1.54) is 0 Å². The van der Waals surface area contributed by atoms with E-state index in [2.05, 4.69) is 9.97 Å². The minimum atomic E-state index is -1.02. The molecule has 0 fully saturated rings. The van der Waals surface area contributed by atoms with Crippen molar-refractivity contribution in [1.82, 2.24) is 19.4 Å². The molecule has 4 heterocycles. The van der Waals surface area contributed by atoms with Crippen LogP contribution >= 0.6 is 23.2 Å². The van der Waals surface area contributed by atoms with Gasteiger partial charge in [0.2, 0.25) is 0 Å². The van der Waals surface area contributed by atoms with Crippen LogP contribution in [-0.2, 0) is 5.60 Å². The number of aldehydes is 1. The number of rotatable bonds is 4. The first kappa shape index (κ1) is 21.5. The van der Waals surface area contributed by atoms with Crippen molar-refractivity contribution in [3.05, 3.63) is 82.5 Å². The highest BCUT2D eigenvalue weighted by Gasteiger charge is 2.21. The third-order valence-corrected chi connectivity index (χ3v) is 6.21. The van der Waals surface area contributed by atoms with Crippen molar-refractivity contribution in [3.63, 3.8) is 0 Å². The van der Waals surface area contributed by atoms with Crippen LogP contribution in [0.1, 0.15) is 29.9 Å². The second-order valence-corrected chi connectivity index (χ2v) is 9.06. The molecule has 6 nitrogen and oxygen atoms in total. The summed E-state index contributed by atoms with van der Waals surface area (Å²) < 4.78 is 1.71. The number of nitrogens with zero attached hydrogens (tertiary/aromatic N) is 4. The Hall–Kier alpha value is -3.32. The van der Waals surface area contributed by atoms with Crippen LogP contribution in [0.2, 0.25) is 10.0 Å². The number of halogens is 2. The van der Waals surface area contributed by atoms with Crippen LogP contribution in [0.15, 0.2) is 61.2 Å². The molecule has 0 radical (unpaired) electrons. The zero-order chi connectivity index (χ0) is 23.3. The van der Waals surface area contributed by atoms with Crippen LogP contribution in [0.5, 0.6) is 0 Å². The maximum atomic E-state index is 12.1. The van der Waals surface area contributed by atoms with Gasteiger partial charge in [-0.2, -0.15) is 0 Å². The Balaban J connectivity index is 1.77. The van der Waals surface area contributed by atoms with Gasteiger partial charge < -0.3 is 5.11 Å². The summed E-state index contributed by atoms with van der Waals surface area (Å²) in [5.41, 5.74) is 3.82. The van der Waals surface area contributed by atoms with E-state index in [1.807, 2.05) is 18.2 Å². The fourth-order valence-corrected chi connectivity index (χ4v) is 4.41. The summed E-state index contributed by atoms with van der Waals surface area (Å²) in [6.45, 7) is 3.42. The van der Waals surface area contributed by atoms with Gasteiger partial charge in [-0.05, 0) is 44.2 Å². The van der Waals surface area contributed by atoms with Gasteiger partial charge in [-0.25, -0.2) is 4.98 Å². The van der Waals surface area contributed by atoms with Gasteiger partial charge in [-0.15, -0.1) is 0 Å². The second kappa shape index (κ2) is 7.92. The average Bonchev–Trinajstić information content (AvgIpc) is 3.17. The minimum Gasteiger partial charge on any atom is -0.386 e. The second-order valence-electron chi connectivity index (χ2n) is 8.25. The average molecular weight is 477 g/mol. The molecule has 1 N–H and O–H groups in total. The molecular weight excluding hydrogens is 459 g/mol. The molecule has 0 unspecified atom stereocenters. The van der Waals surface area contributed by atoms with Crippen molar-refractivity contribution in [2.75, 3.05) is 0 Å². The lowest BCUT2D eigenvalue weighted by molar-refractivity contribution is 0.0782. The Bertz CT molecular complexity index is 1530. The number of carbonyl (C=O) groups is 1. The van der Waals surface area contributed by atoms with Crippen molar-refractivity contribution in [2.45, 2.75) is 19.4 Å². The van der Waals surface area contributed by atoms with Crippen LogP contribution in [0.3, 0.4) is 0 Å². The Morgan fingerprint density at radius 2 is 1.76 bits per heavy atom. The molecule has 0 saturated heterocycles. The number of carbonyl (C=O) groups excluding carboxylic acids is 1. The standard InChI is InChI=1S/C25H18Cl2N4O2/c1-25(2,33)16-8-14(10-28-12-16)15-9-17-20(29-11-15)6-7-31-21(13-32)23(30-24(17)31)22-18(26)4-3-5-19(22)27/h3-13,33H,1-2H3. The van der Waals surface area contributed by atoms with Gasteiger partial charge >= 0.3 is 0 Å². The zero-order valence-electron chi connectivity index (χ0n) is 17.8. The number of fused-ring (bicyclic) bond motifs is 3. The highest BCUT2D eigenvalue weighted by Crippen LogP contribution is 2.37. The molecule has 8 heteroatoms. The first-order valence-electron chi connectivity index (χ1n) is 10.2. The highest BCUT2D eigenvalue weighted by atomic mass is 35.5. The van der Waals surface area contributed by atoms with E-state index >= 15 is 0 Å². The van der Waals surface area contributed by atoms with E-state index < -0.39 is 5.60 Å². The van der Waals surface area contributed by atoms with Crippen molar-refractivity contribution in [3.8, 4) is 22.4 Å². The predicted octanol–water partition coefficient (Wildman–Crippen LogP) is 5.96. The summed E-state index contributed by atoms with van der Waals surface area (Å²) in [6.07, 6.45) is 7.61. The van der Waals surface area contributed by atoms with E-state index in [1.54, 1.807) is 61.2 Å². The highest BCUT2D eigenvalue weighted by molar-refractivity contribution is 6.39. The summed E-state index contributed by atoms with van der Waals surface area (Å²) in [5.74, 6) is 0. The maximum absolute atomic E-state index is 12.1. The van der Waals surface area contributed by atoms with E-state index in [-0.39, 0.29) is 0 Å². The Kier molecular flexibility index (Phi) is 5.16. The molecule has 0 bridgehead atoms. The molecule has 0 aliphatic rings. The van der Waals surface area contributed by atoms with Crippen molar-refractivity contribution >= 4 is 46.0 Å². The molecule has 0 aliphatic heterocycles. The fraction of sp³-hybridized carbons (Fsp3) is 0.120. The summed E-state index contributed by atoms with van der Waals surface area (Å²) >= 11 is 12.8. The SMILES string of the molecule is CC(C)(O)c1cncc(-c2cnc3ccn4c(C=O)c(-c5c(Cl)cccc5Cl)nc4c3c2)c1. The quantitative estimate of drug-likeness (QED) is 0.323. The monoisotopic (exact) mass is 476 g/mol. The lowest BCUT2D eigenvalue weighted by atomic mass is 9.97. The van der Waals surface area contributed by atoms with Gasteiger partial charge in [0.25, 0.3) is 0 Å². The molecule has 5 rings (SSSR count). The molecule has 164 valence electrons.